The maximum atomic E-state index is 5.80. The van der Waals surface area contributed by atoms with Crippen molar-refractivity contribution in [2.45, 2.75) is 19.8 Å². The molecule has 0 amide bonds. The van der Waals surface area contributed by atoms with E-state index in [1.807, 2.05) is 18.2 Å². The van der Waals surface area contributed by atoms with E-state index in [9.17, 15) is 0 Å². The molecule has 0 saturated heterocycles. The highest BCUT2D eigenvalue weighted by molar-refractivity contribution is 9.10. The lowest BCUT2D eigenvalue weighted by atomic mass is 10.0. The van der Waals surface area contributed by atoms with Gasteiger partial charge in [0.15, 0.2) is 0 Å². The predicted molar refractivity (Wildman–Crippen MR) is 78.6 cm³/mol. The number of aromatic nitrogens is 2. The first-order valence-corrected chi connectivity index (χ1v) is 6.79. The van der Waals surface area contributed by atoms with Crippen LogP contribution >= 0.6 is 27.5 Å². The first kappa shape index (κ1) is 13.3. The van der Waals surface area contributed by atoms with Gasteiger partial charge in [-0.2, -0.15) is 4.98 Å². The van der Waals surface area contributed by atoms with Gasteiger partial charge in [0.05, 0.1) is 4.47 Å². The van der Waals surface area contributed by atoms with Crippen molar-refractivity contribution in [2.75, 3.05) is 5.32 Å². The molecule has 0 fully saturated rings. The van der Waals surface area contributed by atoms with Crippen molar-refractivity contribution >= 4 is 39.0 Å². The summed E-state index contributed by atoms with van der Waals surface area (Å²) in [5.74, 6) is 1.10. The monoisotopic (exact) mass is 325 g/mol. The van der Waals surface area contributed by atoms with Crippen LogP contribution in [-0.2, 0) is 0 Å². The van der Waals surface area contributed by atoms with Crippen LogP contribution in [0.1, 0.15) is 25.3 Å². The van der Waals surface area contributed by atoms with Crippen molar-refractivity contribution in [3.8, 4) is 0 Å². The fraction of sp³-hybridized carbons (Fsp3) is 0.231. The molecule has 2 rings (SSSR count). The lowest BCUT2D eigenvalue weighted by Crippen LogP contribution is -2.00. The second-order valence-electron chi connectivity index (χ2n) is 4.20. The topological polar surface area (TPSA) is 37.8 Å². The third kappa shape index (κ3) is 3.00. The van der Waals surface area contributed by atoms with E-state index in [0.29, 0.717) is 11.7 Å². The first-order chi connectivity index (χ1) is 8.58. The molecule has 0 radical (unpaired) electrons. The molecule has 0 aliphatic heterocycles. The van der Waals surface area contributed by atoms with E-state index in [0.717, 1.165) is 10.2 Å². The van der Waals surface area contributed by atoms with Gasteiger partial charge in [-0.05, 0) is 45.1 Å². The minimum Gasteiger partial charge on any atom is -0.339 e. The molecule has 1 heterocycles. The highest BCUT2D eigenvalue weighted by Gasteiger charge is 2.09. The van der Waals surface area contributed by atoms with E-state index in [2.05, 4.69) is 51.1 Å². The molecule has 1 aromatic heterocycles. The van der Waals surface area contributed by atoms with Crippen molar-refractivity contribution in [3.63, 3.8) is 0 Å². The van der Waals surface area contributed by atoms with Crippen LogP contribution in [0.2, 0.25) is 5.28 Å². The summed E-state index contributed by atoms with van der Waals surface area (Å²) in [7, 11) is 0. The van der Waals surface area contributed by atoms with Gasteiger partial charge in [-0.25, -0.2) is 4.98 Å². The number of hydrogen-bond acceptors (Lipinski definition) is 3. The second kappa shape index (κ2) is 5.67. The molecular formula is C13H13BrClN3. The summed E-state index contributed by atoms with van der Waals surface area (Å²) in [5.41, 5.74) is 2.27. The van der Waals surface area contributed by atoms with Crippen LogP contribution in [-0.4, -0.2) is 9.97 Å². The van der Waals surface area contributed by atoms with E-state index in [-0.39, 0.29) is 5.28 Å². The molecule has 2 aromatic rings. The van der Waals surface area contributed by atoms with Gasteiger partial charge in [0.2, 0.25) is 5.28 Å². The molecule has 18 heavy (non-hydrogen) atoms. The normalized spacial score (nSPS) is 10.7. The number of nitrogens with one attached hydrogen (secondary N) is 1. The van der Waals surface area contributed by atoms with E-state index in [1.54, 1.807) is 6.20 Å². The fourth-order valence-corrected chi connectivity index (χ4v) is 2.10. The summed E-state index contributed by atoms with van der Waals surface area (Å²) in [6.07, 6.45) is 1.63. The zero-order valence-corrected chi connectivity index (χ0v) is 12.5. The van der Waals surface area contributed by atoms with Gasteiger partial charge in [-0.1, -0.05) is 32.0 Å². The molecule has 3 nitrogen and oxygen atoms in total. The standard InChI is InChI=1S/C13H13BrClN3/c1-8(2)9-5-3-4-6-11(9)17-12-10(14)7-16-13(15)18-12/h3-8H,1-2H3,(H,16,17,18). The van der Waals surface area contributed by atoms with E-state index in [4.69, 9.17) is 11.6 Å². The Balaban J connectivity index is 2.37. The molecule has 0 spiro atoms. The Kier molecular flexibility index (Phi) is 4.19. The third-order valence-corrected chi connectivity index (χ3v) is 3.31. The van der Waals surface area contributed by atoms with Gasteiger partial charge < -0.3 is 5.32 Å². The predicted octanol–water partition coefficient (Wildman–Crippen LogP) is 4.76. The third-order valence-electron chi connectivity index (χ3n) is 2.55. The summed E-state index contributed by atoms with van der Waals surface area (Å²) < 4.78 is 0.783. The second-order valence-corrected chi connectivity index (χ2v) is 5.39. The Hall–Kier alpha value is -1.13. The number of benzene rings is 1. The summed E-state index contributed by atoms with van der Waals surface area (Å²) in [5, 5.41) is 3.51. The molecule has 1 aromatic carbocycles. The molecule has 94 valence electrons. The molecular weight excluding hydrogens is 314 g/mol. The highest BCUT2D eigenvalue weighted by atomic mass is 79.9. The van der Waals surface area contributed by atoms with Crippen molar-refractivity contribution in [2.24, 2.45) is 0 Å². The van der Waals surface area contributed by atoms with E-state index < -0.39 is 0 Å². The number of anilines is 2. The lowest BCUT2D eigenvalue weighted by Gasteiger charge is -2.14. The number of para-hydroxylation sites is 1. The molecule has 0 saturated carbocycles. The number of nitrogens with zero attached hydrogens (tertiary/aromatic N) is 2. The molecule has 0 bridgehead atoms. The van der Waals surface area contributed by atoms with Crippen LogP contribution < -0.4 is 5.32 Å². The zero-order chi connectivity index (χ0) is 13.1. The van der Waals surface area contributed by atoms with Crippen molar-refractivity contribution in [3.05, 3.63) is 45.8 Å². The minimum absolute atomic E-state index is 0.225. The maximum Gasteiger partial charge on any atom is 0.224 e. The zero-order valence-electron chi connectivity index (χ0n) is 10.1. The summed E-state index contributed by atoms with van der Waals surface area (Å²) in [4.78, 5) is 8.07. The fourth-order valence-electron chi connectivity index (χ4n) is 1.68. The average Bonchev–Trinajstić information content (AvgIpc) is 2.34. The minimum atomic E-state index is 0.225. The van der Waals surface area contributed by atoms with Crippen molar-refractivity contribution in [1.29, 1.82) is 0 Å². The lowest BCUT2D eigenvalue weighted by molar-refractivity contribution is 0.869. The van der Waals surface area contributed by atoms with Gasteiger partial charge in [-0.3, -0.25) is 0 Å². The van der Waals surface area contributed by atoms with Gasteiger partial charge in [0, 0.05) is 11.9 Å². The van der Waals surface area contributed by atoms with Crippen LogP contribution in [0.3, 0.4) is 0 Å². The Labute approximate surface area is 120 Å². The van der Waals surface area contributed by atoms with Crippen molar-refractivity contribution in [1.82, 2.24) is 9.97 Å². The largest absolute Gasteiger partial charge is 0.339 e. The number of halogens is 2. The maximum absolute atomic E-state index is 5.80. The Morgan fingerprint density at radius 2 is 2.00 bits per heavy atom. The number of hydrogen-bond donors (Lipinski definition) is 1. The molecule has 0 atom stereocenters. The van der Waals surface area contributed by atoms with E-state index in [1.165, 1.54) is 5.56 Å². The molecule has 0 aliphatic carbocycles. The van der Waals surface area contributed by atoms with Crippen LogP contribution in [0.15, 0.2) is 34.9 Å². The smallest absolute Gasteiger partial charge is 0.224 e. The molecule has 0 aliphatic rings. The van der Waals surface area contributed by atoms with Crippen LogP contribution in [0.25, 0.3) is 0 Å². The Morgan fingerprint density at radius 3 is 2.72 bits per heavy atom. The summed E-state index contributed by atoms with van der Waals surface area (Å²) >= 11 is 9.21. The average molecular weight is 327 g/mol. The van der Waals surface area contributed by atoms with Crippen LogP contribution in [0, 0.1) is 0 Å². The van der Waals surface area contributed by atoms with Gasteiger partial charge in [0.1, 0.15) is 5.82 Å². The summed E-state index contributed by atoms with van der Waals surface area (Å²) in [6, 6.07) is 8.15. The quantitative estimate of drug-likeness (QED) is 0.826. The van der Waals surface area contributed by atoms with Crippen LogP contribution in [0.4, 0.5) is 11.5 Å². The van der Waals surface area contributed by atoms with Gasteiger partial charge >= 0.3 is 0 Å². The van der Waals surface area contributed by atoms with Gasteiger partial charge in [-0.15, -0.1) is 0 Å². The first-order valence-electron chi connectivity index (χ1n) is 5.62. The SMILES string of the molecule is CC(C)c1ccccc1Nc1nc(Cl)ncc1Br. The Bertz CT molecular complexity index is 558. The molecule has 1 N–H and O–H groups in total. The summed E-state index contributed by atoms with van der Waals surface area (Å²) in [6.45, 7) is 4.31. The number of rotatable bonds is 3. The van der Waals surface area contributed by atoms with Gasteiger partial charge in [0.25, 0.3) is 0 Å². The van der Waals surface area contributed by atoms with Crippen molar-refractivity contribution < 1.29 is 0 Å². The molecule has 5 heteroatoms. The Morgan fingerprint density at radius 1 is 1.28 bits per heavy atom. The van der Waals surface area contributed by atoms with E-state index >= 15 is 0 Å². The molecule has 0 unspecified atom stereocenters. The highest BCUT2D eigenvalue weighted by Crippen LogP contribution is 2.29. The van der Waals surface area contributed by atoms with Crippen LogP contribution in [0.5, 0.6) is 0 Å².